The maximum atomic E-state index is 6.00. The molecule has 1 heterocycles. The molecule has 2 aromatic rings. The number of halogens is 1. The molecule has 1 N–H and O–H groups in total. The van der Waals surface area contributed by atoms with Crippen LogP contribution in [0.15, 0.2) is 24.3 Å². The van der Waals surface area contributed by atoms with Crippen molar-refractivity contribution in [2.75, 3.05) is 11.9 Å². The number of aryl methyl sites for hydroxylation is 1. The summed E-state index contributed by atoms with van der Waals surface area (Å²) in [6, 6.07) is 7.94. The molecule has 1 aromatic heterocycles. The number of fused-ring (bicyclic) bond motifs is 1. The normalized spacial score (nSPS) is 10.7. The van der Waals surface area contributed by atoms with Crippen molar-refractivity contribution in [3.05, 3.63) is 34.9 Å². The van der Waals surface area contributed by atoms with Gasteiger partial charge in [-0.2, -0.15) is 0 Å². The van der Waals surface area contributed by atoms with E-state index in [1.54, 1.807) is 0 Å². The van der Waals surface area contributed by atoms with E-state index in [9.17, 15) is 0 Å². The monoisotopic (exact) mass is 234 g/mol. The van der Waals surface area contributed by atoms with Gasteiger partial charge in [0.15, 0.2) is 0 Å². The summed E-state index contributed by atoms with van der Waals surface area (Å²) in [5.41, 5.74) is 2.13. The van der Waals surface area contributed by atoms with E-state index in [1.807, 2.05) is 25.1 Å². The Bertz CT molecular complexity index is 509. The maximum absolute atomic E-state index is 6.00. The van der Waals surface area contributed by atoms with E-state index in [0.29, 0.717) is 0 Å². The molecule has 0 amide bonds. The third-order valence-electron chi connectivity index (χ3n) is 2.50. The lowest BCUT2D eigenvalue weighted by Gasteiger charge is -2.07. The Hall–Kier alpha value is -1.28. The van der Waals surface area contributed by atoms with E-state index >= 15 is 0 Å². The molecule has 3 heteroatoms. The van der Waals surface area contributed by atoms with Gasteiger partial charge in [-0.05, 0) is 43.2 Å². The highest BCUT2D eigenvalue weighted by Crippen LogP contribution is 2.23. The number of rotatable bonds is 3. The van der Waals surface area contributed by atoms with Gasteiger partial charge in [0.25, 0.3) is 0 Å². The largest absolute Gasteiger partial charge is 0.370 e. The van der Waals surface area contributed by atoms with Crippen LogP contribution in [0.2, 0.25) is 5.02 Å². The number of hydrogen-bond acceptors (Lipinski definition) is 2. The van der Waals surface area contributed by atoms with Crippen LogP contribution in [-0.4, -0.2) is 11.5 Å². The summed E-state index contributed by atoms with van der Waals surface area (Å²) in [5.74, 6) is 0.930. The average molecular weight is 235 g/mol. The lowest BCUT2D eigenvalue weighted by Crippen LogP contribution is -2.01. The van der Waals surface area contributed by atoms with Crippen molar-refractivity contribution in [3.63, 3.8) is 0 Å². The molecular weight excluding hydrogens is 220 g/mol. The molecule has 0 atom stereocenters. The third kappa shape index (κ3) is 2.27. The number of anilines is 1. The van der Waals surface area contributed by atoms with Crippen molar-refractivity contribution < 1.29 is 0 Å². The second-order valence-electron chi connectivity index (χ2n) is 3.92. The van der Waals surface area contributed by atoms with Gasteiger partial charge in [0.05, 0.1) is 5.52 Å². The van der Waals surface area contributed by atoms with Gasteiger partial charge in [0.2, 0.25) is 0 Å². The topological polar surface area (TPSA) is 24.9 Å². The first-order valence-electron chi connectivity index (χ1n) is 5.51. The Labute approximate surface area is 101 Å². The van der Waals surface area contributed by atoms with Crippen LogP contribution < -0.4 is 5.32 Å². The van der Waals surface area contributed by atoms with Gasteiger partial charge in [0, 0.05) is 17.0 Å². The van der Waals surface area contributed by atoms with Crippen molar-refractivity contribution in [1.82, 2.24) is 4.98 Å². The minimum atomic E-state index is 0.765. The van der Waals surface area contributed by atoms with Gasteiger partial charge >= 0.3 is 0 Å². The van der Waals surface area contributed by atoms with Crippen molar-refractivity contribution in [2.45, 2.75) is 20.3 Å². The highest BCUT2D eigenvalue weighted by atomic mass is 35.5. The van der Waals surface area contributed by atoms with Crippen LogP contribution in [-0.2, 0) is 0 Å². The molecule has 0 unspecified atom stereocenters. The van der Waals surface area contributed by atoms with Gasteiger partial charge in [-0.3, -0.25) is 0 Å². The Balaban J connectivity index is 2.45. The second kappa shape index (κ2) is 4.71. The molecule has 0 bridgehead atoms. The Morgan fingerprint density at radius 2 is 2.12 bits per heavy atom. The molecule has 0 aliphatic heterocycles. The van der Waals surface area contributed by atoms with Crippen LogP contribution in [0.25, 0.3) is 10.9 Å². The van der Waals surface area contributed by atoms with E-state index in [1.165, 1.54) is 0 Å². The van der Waals surface area contributed by atoms with E-state index in [-0.39, 0.29) is 0 Å². The summed E-state index contributed by atoms with van der Waals surface area (Å²) in [6.07, 6.45) is 1.10. The molecule has 0 saturated carbocycles. The molecule has 0 aliphatic rings. The van der Waals surface area contributed by atoms with E-state index in [2.05, 4.69) is 23.3 Å². The Kier molecular flexibility index (Phi) is 3.30. The number of pyridine rings is 1. The molecular formula is C13H15ClN2. The lowest BCUT2D eigenvalue weighted by molar-refractivity contribution is 0.971. The zero-order chi connectivity index (χ0) is 11.5. The zero-order valence-corrected chi connectivity index (χ0v) is 10.3. The van der Waals surface area contributed by atoms with Crippen LogP contribution >= 0.6 is 11.6 Å². The summed E-state index contributed by atoms with van der Waals surface area (Å²) in [6.45, 7) is 5.12. The predicted octanol–water partition coefficient (Wildman–Crippen LogP) is 4.02. The fourth-order valence-electron chi connectivity index (χ4n) is 1.72. The first-order chi connectivity index (χ1) is 7.70. The molecule has 16 heavy (non-hydrogen) atoms. The van der Waals surface area contributed by atoms with Crippen LogP contribution in [0.3, 0.4) is 0 Å². The molecule has 0 fully saturated rings. The molecule has 2 rings (SSSR count). The minimum absolute atomic E-state index is 0.765. The summed E-state index contributed by atoms with van der Waals surface area (Å²) < 4.78 is 0. The van der Waals surface area contributed by atoms with Crippen molar-refractivity contribution >= 4 is 28.3 Å². The highest BCUT2D eigenvalue weighted by Gasteiger charge is 2.02. The molecule has 2 nitrogen and oxygen atoms in total. The minimum Gasteiger partial charge on any atom is -0.370 e. The van der Waals surface area contributed by atoms with Crippen LogP contribution in [0.5, 0.6) is 0 Å². The number of aromatic nitrogens is 1. The molecule has 0 spiro atoms. The summed E-state index contributed by atoms with van der Waals surface area (Å²) >= 11 is 6.00. The summed E-state index contributed by atoms with van der Waals surface area (Å²) in [5, 5.41) is 5.14. The lowest BCUT2D eigenvalue weighted by atomic mass is 10.1. The summed E-state index contributed by atoms with van der Waals surface area (Å²) in [7, 11) is 0. The summed E-state index contributed by atoms with van der Waals surface area (Å²) in [4.78, 5) is 4.58. The van der Waals surface area contributed by atoms with Crippen LogP contribution in [0, 0.1) is 6.92 Å². The first kappa shape index (κ1) is 11.2. The molecule has 1 aromatic carbocycles. The van der Waals surface area contributed by atoms with Gasteiger partial charge in [0.1, 0.15) is 5.82 Å². The molecule has 0 aliphatic carbocycles. The smallest absolute Gasteiger partial charge is 0.126 e. The Morgan fingerprint density at radius 1 is 1.31 bits per heavy atom. The van der Waals surface area contributed by atoms with Crippen LogP contribution in [0.4, 0.5) is 5.82 Å². The fraction of sp³-hybridized carbons (Fsp3) is 0.308. The first-order valence-corrected chi connectivity index (χ1v) is 5.89. The SMILES string of the molecule is CCCNc1ccc2cc(Cl)cc(C)c2n1. The third-order valence-corrected chi connectivity index (χ3v) is 2.72. The number of nitrogens with one attached hydrogen (secondary N) is 1. The van der Waals surface area contributed by atoms with Gasteiger partial charge < -0.3 is 5.32 Å². The maximum Gasteiger partial charge on any atom is 0.126 e. The highest BCUT2D eigenvalue weighted by molar-refractivity contribution is 6.31. The second-order valence-corrected chi connectivity index (χ2v) is 4.35. The Morgan fingerprint density at radius 3 is 2.88 bits per heavy atom. The quantitative estimate of drug-likeness (QED) is 0.868. The van der Waals surface area contributed by atoms with Crippen LogP contribution in [0.1, 0.15) is 18.9 Å². The number of benzene rings is 1. The molecule has 84 valence electrons. The van der Waals surface area contributed by atoms with E-state index < -0.39 is 0 Å². The van der Waals surface area contributed by atoms with Gasteiger partial charge in [-0.25, -0.2) is 4.98 Å². The van der Waals surface area contributed by atoms with Crippen molar-refractivity contribution in [3.8, 4) is 0 Å². The molecule has 0 saturated heterocycles. The standard InChI is InChI=1S/C13H15ClN2/c1-3-6-15-12-5-4-10-8-11(14)7-9(2)13(10)16-12/h4-5,7-8H,3,6H2,1-2H3,(H,15,16). The van der Waals surface area contributed by atoms with E-state index in [0.717, 1.165) is 40.3 Å². The average Bonchev–Trinajstić information content (AvgIpc) is 2.26. The number of nitrogens with zero attached hydrogens (tertiary/aromatic N) is 1. The van der Waals surface area contributed by atoms with Gasteiger partial charge in [-0.1, -0.05) is 18.5 Å². The van der Waals surface area contributed by atoms with Gasteiger partial charge in [-0.15, -0.1) is 0 Å². The number of hydrogen-bond donors (Lipinski definition) is 1. The molecule has 0 radical (unpaired) electrons. The fourth-order valence-corrected chi connectivity index (χ4v) is 2.00. The zero-order valence-electron chi connectivity index (χ0n) is 9.55. The van der Waals surface area contributed by atoms with Crippen molar-refractivity contribution in [1.29, 1.82) is 0 Å². The van der Waals surface area contributed by atoms with Crippen molar-refractivity contribution in [2.24, 2.45) is 0 Å². The predicted molar refractivity (Wildman–Crippen MR) is 70.3 cm³/mol. The van der Waals surface area contributed by atoms with E-state index in [4.69, 9.17) is 11.6 Å².